The van der Waals surface area contributed by atoms with Crippen LogP contribution in [-0.4, -0.2) is 41.5 Å². The summed E-state index contributed by atoms with van der Waals surface area (Å²) in [6, 6.07) is 0. The molecule has 3 fully saturated rings. The third-order valence-corrected chi connectivity index (χ3v) is 13.3. The van der Waals surface area contributed by atoms with E-state index in [1.807, 2.05) is 6.92 Å². The monoisotopic (exact) mass is 541 g/mol. The summed E-state index contributed by atoms with van der Waals surface area (Å²) < 4.78 is 26.3. The van der Waals surface area contributed by atoms with Crippen LogP contribution in [0.5, 0.6) is 0 Å². The summed E-state index contributed by atoms with van der Waals surface area (Å²) in [6.45, 7) is 15.9. The van der Waals surface area contributed by atoms with Crippen LogP contribution in [0.15, 0.2) is 0 Å². The second-order valence-corrected chi connectivity index (χ2v) is 16.9. The van der Waals surface area contributed by atoms with Gasteiger partial charge in [0.15, 0.2) is 0 Å². The Morgan fingerprint density at radius 1 is 1.11 bits per heavy atom. The number of fused-ring (bicyclic) bond motifs is 3. The van der Waals surface area contributed by atoms with Crippen LogP contribution < -0.4 is 4.72 Å². The van der Waals surface area contributed by atoms with Crippen molar-refractivity contribution in [1.82, 2.24) is 4.72 Å². The first-order chi connectivity index (χ1) is 17.0. The summed E-state index contributed by atoms with van der Waals surface area (Å²) in [5.74, 6) is 1.43. The zero-order valence-corrected chi connectivity index (χ0v) is 25.5. The Bertz CT molecular complexity index is 913. The Labute approximate surface area is 226 Å². The molecule has 37 heavy (non-hydrogen) atoms. The predicted octanol–water partition coefficient (Wildman–Crippen LogP) is 5.66. The van der Waals surface area contributed by atoms with Crippen LogP contribution >= 0.6 is 0 Å². The van der Waals surface area contributed by atoms with Crippen LogP contribution in [0.4, 0.5) is 0 Å². The van der Waals surface area contributed by atoms with Crippen LogP contribution in [0.25, 0.3) is 0 Å². The fraction of sp³-hybridized carbons (Fsp3) is 0.967. The largest absolute Gasteiger partial charge is 0.393 e. The molecule has 3 saturated carbocycles. The van der Waals surface area contributed by atoms with Gasteiger partial charge < -0.3 is 10.2 Å². The van der Waals surface area contributed by atoms with Crippen molar-refractivity contribution in [2.24, 2.45) is 46.3 Å². The lowest BCUT2D eigenvalue weighted by Crippen LogP contribution is -2.57. The van der Waals surface area contributed by atoms with Crippen molar-refractivity contribution >= 4 is 15.9 Å². The number of hydrogen-bond acceptors (Lipinski definition) is 5. The number of hydrogen-bond donors (Lipinski definition) is 3. The first kappa shape index (κ1) is 30.9. The SMILES string of the molecule is CC[C@@H](O)CC[C@@]1(C)C[C@@H](CC)[C@@H](O)[C@@H]2[C@@H]1CC[C@]1(C)[C@@H]([C@H](C)CC(=O)NS(=O)(=O)C(C)(C)C)CC[C@@H]21. The second kappa shape index (κ2) is 11.1. The molecule has 10 atom stereocenters. The van der Waals surface area contributed by atoms with E-state index < -0.39 is 20.7 Å². The van der Waals surface area contributed by atoms with E-state index in [1.165, 1.54) is 0 Å². The molecule has 0 unspecified atom stereocenters. The average Bonchev–Trinajstić information content (AvgIpc) is 3.15. The van der Waals surface area contributed by atoms with Crippen LogP contribution in [0.2, 0.25) is 0 Å². The first-order valence-corrected chi connectivity index (χ1v) is 16.4. The highest BCUT2D eigenvalue weighted by atomic mass is 32.2. The van der Waals surface area contributed by atoms with Crippen molar-refractivity contribution in [2.75, 3.05) is 0 Å². The maximum absolute atomic E-state index is 12.8. The van der Waals surface area contributed by atoms with Gasteiger partial charge in [0, 0.05) is 6.42 Å². The molecule has 0 spiro atoms. The van der Waals surface area contributed by atoms with Crippen LogP contribution in [-0.2, 0) is 14.8 Å². The van der Waals surface area contributed by atoms with Crippen molar-refractivity contribution in [3.05, 3.63) is 0 Å². The van der Waals surface area contributed by atoms with Crippen molar-refractivity contribution in [3.63, 3.8) is 0 Å². The Morgan fingerprint density at radius 3 is 2.32 bits per heavy atom. The molecule has 1 amide bonds. The Morgan fingerprint density at radius 2 is 1.76 bits per heavy atom. The highest BCUT2D eigenvalue weighted by molar-refractivity contribution is 7.91. The number of aliphatic hydroxyl groups excluding tert-OH is 2. The highest BCUT2D eigenvalue weighted by Gasteiger charge is 2.61. The highest BCUT2D eigenvalue weighted by Crippen LogP contribution is 2.67. The molecule has 0 heterocycles. The number of aliphatic hydroxyl groups is 2. The van der Waals surface area contributed by atoms with Crippen LogP contribution in [0.3, 0.4) is 0 Å². The topological polar surface area (TPSA) is 104 Å². The zero-order chi connectivity index (χ0) is 28.0. The third-order valence-electron chi connectivity index (χ3n) is 11.2. The minimum absolute atomic E-state index is 0.0459. The minimum atomic E-state index is -3.71. The molecule has 216 valence electrons. The number of carbonyl (C=O) groups excluding carboxylic acids is 1. The first-order valence-electron chi connectivity index (χ1n) is 14.9. The molecule has 0 radical (unpaired) electrons. The van der Waals surface area contributed by atoms with E-state index >= 15 is 0 Å². The van der Waals surface area contributed by atoms with E-state index in [1.54, 1.807) is 20.8 Å². The predicted molar refractivity (Wildman–Crippen MR) is 149 cm³/mol. The van der Waals surface area contributed by atoms with Gasteiger partial charge in [0.1, 0.15) is 0 Å². The third kappa shape index (κ3) is 5.94. The van der Waals surface area contributed by atoms with Gasteiger partial charge >= 0.3 is 0 Å². The summed E-state index contributed by atoms with van der Waals surface area (Å²) in [4.78, 5) is 12.8. The lowest BCUT2D eigenvalue weighted by atomic mass is 9.45. The molecule has 0 bridgehead atoms. The van der Waals surface area contributed by atoms with Gasteiger partial charge in [0.25, 0.3) is 0 Å². The van der Waals surface area contributed by atoms with Crippen molar-refractivity contribution < 1.29 is 23.4 Å². The van der Waals surface area contributed by atoms with Crippen molar-refractivity contribution in [2.45, 2.75) is 137 Å². The number of sulfonamides is 1. The molecular formula is C30H55NO5S. The van der Waals surface area contributed by atoms with E-state index in [4.69, 9.17) is 0 Å². The van der Waals surface area contributed by atoms with Crippen LogP contribution in [0.1, 0.15) is 120 Å². The standard InChI is InChI=1S/C30H55NO5S/c1-9-20-18-29(7,15-13-21(32)10-2)23-14-16-30(8)22(11-12-24(30)26(23)27(20)34)19(3)17-25(33)31-37(35,36)28(4,5)6/h19-24,26-27,32,34H,9-18H2,1-8H3,(H,31,33)/t19-,20-,21-,22-,23+,24+,26-,27-,29+,30-/m1/s1. The molecule has 3 N–H and O–H groups in total. The maximum Gasteiger partial charge on any atom is 0.239 e. The quantitative estimate of drug-likeness (QED) is 0.349. The molecule has 0 aliphatic heterocycles. The number of rotatable bonds is 9. The lowest BCUT2D eigenvalue weighted by Gasteiger charge is -2.60. The van der Waals surface area contributed by atoms with Gasteiger partial charge in [0.05, 0.1) is 17.0 Å². The van der Waals surface area contributed by atoms with E-state index in [2.05, 4.69) is 32.4 Å². The zero-order valence-electron chi connectivity index (χ0n) is 24.7. The normalized spacial score (nSPS) is 39.9. The fourth-order valence-electron chi connectivity index (χ4n) is 8.80. The fourth-order valence-corrected chi connectivity index (χ4v) is 9.49. The molecular weight excluding hydrogens is 486 g/mol. The summed E-state index contributed by atoms with van der Waals surface area (Å²) in [7, 11) is -3.71. The summed E-state index contributed by atoms with van der Waals surface area (Å²) in [5, 5.41) is 22.0. The van der Waals surface area contributed by atoms with E-state index in [0.717, 1.165) is 57.8 Å². The van der Waals surface area contributed by atoms with Gasteiger partial charge in [-0.2, -0.15) is 0 Å². The average molecular weight is 542 g/mol. The van der Waals surface area contributed by atoms with Gasteiger partial charge in [-0.1, -0.05) is 41.0 Å². The summed E-state index contributed by atoms with van der Waals surface area (Å²) in [5.41, 5.74) is 0.178. The molecule has 0 aromatic heterocycles. The summed E-state index contributed by atoms with van der Waals surface area (Å²) in [6.07, 6.45) is 8.57. The van der Waals surface area contributed by atoms with Gasteiger partial charge in [-0.15, -0.1) is 0 Å². The van der Waals surface area contributed by atoms with Crippen molar-refractivity contribution in [3.8, 4) is 0 Å². The second-order valence-electron chi connectivity index (χ2n) is 14.5. The molecule has 3 rings (SSSR count). The molecule has 0 aromatic carbocycles. The Balaban J connectivity index is 1.79. The molecule has 3 aliphatic rings. The summed E-state index contributed by atoms with van der Waals surface area (Å²) >= 11 is 0. The number of amides is 1. The Kier molecular flexibility index (Phi) is 9.24. The van der Waals surface area contributed by atoms with E-state index in [9.17, 15) is 23.4 Å². The maximum atomic E-state index is 12.8. The molecule has 3 aliphatic carbocycles. The lowest BCUT2D eigenvalue weighted by molar-refractivity contribution is -0.158. The van der Waals surface area contributed by atoms with Gasteiger partial charge in [-0.25, -0.2) is 8.42 Å². The molecule has 0 aromatic rings. The van der Waals surface area contributed by atoms with Crippen LogP contribution in [0, 0.1) is 46.3 Å². The molecule has 6 nitrogen and oxygen atoms in total. The van der Waals surface area contributed by atoms with Gasteiger partial charge in [-0.05, 0) is 118 Å². The van der Waals surface area contributed by atoms with Gasteiger partial charge in [-0.3, -0.25) is 9.52 Å². The molecule has 7 heteroatoms. The number of carbonyl (C=O) groups is 1. The van der Waals surface area contributed by atoms with Gasteiger partial charge in [0.2, 0.25) is 15.9 Å². The Hall–Kier alpha value is -0.660. The molecule has 0 saturated heterocycles. The number of nitrogens with one attached hydrogen (secondary N) is 1. The van der Waals surface area contributed by atoms with Crippen molar-refractivity contribution in [1.29, 1.82) is 0 Å². The van der Waals surface area contributed by atoms with E-state index in [-0.39, 0.29) is 47.2 Å². The smallest absolute Gasteiger partial charge is 0.239 e. The van der Waals surface area contributed by atoms with E-state index in [0.29, 0.717) is 17.8 Å². The minimum Gasteiger partial charge on any atom is -0.393 e.